The van der Waals surface area contributed by atoms with Gasteiger partial charge < -0.3 is 10.2 Å². The van der Waals surface area contributed by atoms with Gasteiger partial charge in [-0.1, -0.05) is 34.1 Å². The van der Waals surface area contributed by atoms with Crippen molar-refractivity contribution in [2.24, 2.45) is 5.41 Å². The summed E-state index contributed by atoms with van der Waals surface area (Å²) >= 11 is 0. The Hall–Kier alpha value is -0.930. The Kier molecular flexibility index (Phi) is 7.91. The molecule has 0 radical (unpaired) electrons. The third-order valence-corrected chi connectivity index (χ3v) is 3.97. The predicted octanol–water partition coefficient (Wildman–Crippen LogP) is 3.36. The lowest BCUT2D eigenvalue weighted by atomic mass is 9.84. The van der Waals surface area contributed by atoms with Gasteiger partial charge in [0.1, 0.15) is 0 Å². The Morgan fingerprint density at radius 3 is 2.52 bits per heavy atom. The van der Waals surface area contributed by atoms with Gasteiger partial charge >= 0.3 is 0 Å². The highest BCUT2D eigenvalue weighted by atomic mass is 15.1. The second-order valence-electron chi connectivity index (χ2n) is 6.94. The Morgan fingerprint density at radius 1 is 1.29 bits per heavy atom. The lowest BCUT2D eigenvalue weighted by Crippen LogP contribution is -2.43. The average molecular weight is 291 g/mol. The number of hydrogen-bond acceptors (Lipinski definition) is 3. The van der Waals surface area contributed by atoms with Crippen molar-refractivity contribution < 1.29 is 0 Å². The van der Waals surface area contributed by atoms with Gasteiger partial charge in [0.2, 0.25) is 0 Å². The fourth-order valence-electron chi connectivity index (χ4n) is 2.88. The molecule has 0 bridgehead atoms. The van der Waals surface area contributed by atoms with Gasteiger partial charge in [0.25, 0.3) is 0 Å². The van der Waals surface area contributed by atoms with Gasteiger partial charge in [0.05, 0.1) is 0 Å². The molecule has 1 atom stereocenters. The number of nitrogens with one attached hydrogen (secondary N) is 1. The minimum absolute atomic E-state index is 0.353. The Morgan fingerprint density at radius 2 is 1.95 bits per heavy atom. The Labute approximate surface area is 131 Å². The number of nitrogens with zero attached hydrogens (tertiary/aromatic N) is 2. The van der Waals surface area contributed by atoms with Gasteiger partial charge in [0, 0.05) is 38.1 Å². The van der Waals surface area contributed by atoms with Crippen LogP contribution in [0.15, 0.2) is 24.5 Å². The lowest BCUT2D eigenvalue weighted by molar-refractivity contribution is 0.171. The molecule has 0 fully saturated rings. The highest BCUT2D eigenvalue weighted by molar-refractivity contribution is 5.09. The van der Waals surface area contributed by atoms with E-state index >= 15 is 0 Å². The average Bonchev–Trinajstić information content (AvgIpc) is 2.44. The van der Waals surface area contributed by atoms with Gasteiger partial charge in [0.15, 0.2) is 0 Å². The molecular formula is C18H33N3. The van der Waals surface area contributed by atoms with Crippen molar-refractivity contribution in [3.8, 4) is 0 Å². The maximum atomic E-state index is 4.08. The highest BCUT2D eigenvalue weighted by Gasteiger charge is 2.25. The normalized spacial score (nSPS) is 14.6. The second-order valence-corrected chi connectivity index (χ2v) is 6.94. The number of rotatable bonds is 10. The minimum Gasteiger partial charge on any atom is -0.314 e. The summed E-state index contributed by atoms with van der Waals surface area (Å²) in [4.78, 5) is 6.55. The van der Waals surface area contributed by atoms with Crippen LogP contribution in [0.3, 0.4) is 0 Å². The standard InChI is InChI=1S/C18H33N3/c1-6-10-18(4,14-20-16(2)3)15-21(5)13-9-17-7-11-19-12-8-17/h7-8,11-12,16,20H,6,9-10,13-15H2,1-5H3. The molecule has 3 heteroatoms. The molecule has 1 aromatic rings. The van der Waals surface area contributed by atoms with E-state index in [-0.39, 0.29) is 0 Å². The first kappa shape index (κ1) is 18.1. The molecule has 0 amide bonds. The van der Waals surface area contributed by atoms with Gasteiger partial charge in [-0.25, -0.2) is 0 Å². The number of hydrogen-bond donors (Lipinski definition) is 1. The molecule has 1 aromatic heterocycles. The molecule has 3 nitrogen and oxygen atoms in total. The minimum atomic E-state index is 0.353. The molecule has 0 aliphatic carbocycles. The van der Waals surface area contributed by atoms with E-state index in [0.717, 1.165) is 26.1 Å². The summed E-state index contributed by atoms with van der Waals surface area (Å²) < 4.78 is 0. The van der Waals surface area contributed by atoms with Crippen LogP contribution in [0.25, 0.3) is 0 Å². The van der Waals surface area contributed by atoms with Crippen molar-refractivity contribution in [3.63, 3.8) is 0 Å². The largest absolute Gasteiger partial charge is 0.314 e. The van der Waals surface area contributed by atoms with Crippen LogP contribution in [-0.4, -0.2) is 42.6 Å². The topological polar surface area (TPSA) is 28.2 Å². The molecule has 0 aliphatic rings. The number of likely N-dealkylation sites (N-methyl/N-ethyl adjacent to an activating group) is 1. The summed E-state index contributed by atoms with van der Waals surface area (Å²) in [6.07, 6.45) is 7.37. The third kappa shape index (κ3) is 7.58. The van der Waals surface area contributed by atoms with Crippen LogP contribution in [0, 0.1) is 5.41 Å². The van der Waals surface area contributed by atoms with Crippen LogP contribution in [0.4, 0.5) is 0 Å². The molecule has 0 aliphatic heterocycles. The molecule has 120 valence electrons. The zero-order valence-electron chi connectivity index (χ0n) is 14.5. The first-order valence-corrected chi connectivity index (χ1v) is 8.26. The van der Waals surface area contributed by atoms with Crippen molar-refractivity contribution in [2.45, 2.75) is 53.0 Å². The van der Waals surface area contributed by atoms with Gasteiger partial charge in [-0.05, 0) is 43.0 Å². The van der Waals surface area contributed by atoms with Crippen molar-refractivity contribution in [2.75, 3.05) is 26.7 Å². The number of pyridine rings is 1. The van der Waals surface area contributed by atoms with E-state index in [9.17, 15) is 0 Å². The molecule has 1 rings (SSSR count). The third-order valence-electron chi connectivity index (χ3n) is 3.97. The summed E-state index contributed by atoms with van der Waals surface area (Å²) in [6.45, 7) is 12.5. The zero-order chi connectivity index (χ0) is 15.7. The van der Waals surface area contributed by atoms with Crippen LogP contribution < -0.4 is 5.32 Å². The maximum Gasteiger partial charge on any atom is 0.0270 e. The van der Waals surface area contributed by atoms with E-state index in [4.69, 9.17) is 0 Å². The van der Waals surface area contributed by atoms with Crippen molar-refractivity contribution in [1.82, 2.24) is 15.2 Å². The molecule has 1 heterocycles. The van der Waals surface area contributed by atoms with Gasteiger partial charge in [-0.15, -0.1) is 0 Å². The summed E-state index contributed by atoms with van der Waals surface area (Å²) in [6, 6.07) is 4.78. The van der Waals surface area contributed by atoms with E-state index in [1.807, 2.05) is 12.4 Å². The Bertz CT molecular complexity index is 377. The van der Waals surface area contributed by atoms with E-state index in [2.05, 4.69) is 62.1 Å². The van der Waals surface area contributed by atoms with Crippen molar-refractivity contribution >= 4 is 0 Å². The van der Waals surface area contributed by atoms with Crippen LogP contribution in [0.1, 0.15) is 46.1 Å². The van der Waals surface area contributed by atoms with E-state index in [1.165, 1.54) is 18.4 Å². The highest BCUT2D eigenvalue weighted by Crippen LogP contribution is 2.23. The summed E-state index contributed by atoms with van der Waals surface area (Å²) in [5.41, 5.74) is 1.72. The smallest absolute Gasteiger partial charge is 0.0270 e. The maximum absolute atomic E-state index is 4.08. The van der Waals surface area contributed by atoms with Crippen LogP contribution in [0.2, 0.25) is 0 Å². The van der Waals surface area contributed by atoms with Crippen molar-refractivity contribution in [1.29, 1.82) is 0 Å². The van der Waals surface area contributed by atoms with Crippen LogP contribution in [0.5, 0.6) is 0 Å². The fraction of sp³-hybridized carbons (Fsp3) is 0.722. The quantitative estimate of drug-likeness (QED) is 0.716. The van der Waals surface area contributed by atoms with Crippen LogP contribution in [-0.2, 0) is 6.42 Å². The van der Waals surface area contributed by atoms with Gasteiger partial charge in [-0.2, -0.15) is 0 Å². The Balaban J connectivity index is 2.45. The fourth-order valence-corrected chi connectivity index (χ4v) is 2.88. The molecule has 21 heavy (non-hydrogen) atoms. The summed E-state index contributed by atoms with van der Waals surface area (Å²) in [7, 11) is 2.24. The summed E-state index contributed by atoms with van der Waals surface area (Å²) in [5, 5.41) is 3.62. The molecule has 1 N–H and O–H groups in total. The monoisotopic (exact) mass is 291 g/mol. The molecule has 0 saturated carbocycles. The van der Waals surface area contributed by atoms with E-state index in [1.54, 1.807) is 0 Å². The van der Waals surface area contributed by atoms with E-state index < -0.39 is 0 Å². The SMILES string of the molecule is CCCC(C)(CNC(C)C)CN(C)CCc1ccncc1. The molecular weight excluding hydrogens is 258 g/mol. The van der Waals surface area contributed by atoms with Gasteiger partial charge in [-0.3, -0.25) is 4.98 Å². The molecule has 0 aromatic carbocycles. The molecule has 1 unspecified atom stereocenters. The second kappa shape index (κ2) is 9.16. The van der Waals surface area contributed by atoms with Crippen molar-refractivity contribution in [3.05, 3.63) is 30.1 Å². The number of aromatic nitrogens is 1. The zero-order valence-corrected chi connectivity index (χ0v) is 14.5. The van der Waals surface area contributed by atoms with Crippen LogP contribution >= 0.6 is 0 Å². The summed E-state index contributed by atoms with van der Waals surface area (Å²) in [5.74, 6) is 0. The molecule has 0 saturated heterocycles. The molecule has 0 spiro atoms. The van der Waals surface area contributed by atoms with E-state index in [0.29, 0.717) is 11.5 Å². The first-order chi connectivity index (χ1) is 9.95. The predicted molar refractivity (Wildman–Crippen MR) is 91.6 cm³/mol. The lowest BCUT2D eigenvalue weighted by Gasteiger charge is -2.35. The first-order valence-electron chi connectivity index (χ1n) is 8.26.